The number of ether oxygens (including phenoxy) is 1. The maximum Gasteiger partial charge on any atom is 0.451 e. The van der Waals surface area contributed by atoms with Crippen molar-refractivity contribution in [1.29, 1.82) is 0 Å². The van der Waals surface area contributed by atoms with Crippen molar-refractivity contribution in [2.75, 3.05) is 0 Å². The van der Waals surface area contributed by atoms with Crippen LogP contribution in [0.5, 0.6) is 5.75 Å². The highest BCUT2D eigenvalue weighted by atomic mass is 16.5. The summed E-state index contributed by atoms with van der Waals surface area (Å²) in [6, 6.07) is 13.8. The van der Waals surface area contributed by atoms with Gasteiger partial charge in [-0.2, -0.15) is 0 Å². The molecule has 1 atom stereocenters. The van der Waals surface area contributed by atoms with Gasteiger partial charge >= 0.3 is 7.12 Å². The van der Waals surface area contributed by atoms with E-state index in [4.69, 9.17) is 4.74 Å². The minimum Gasteiger partial charge on any atom is -0.486 e. The molecule has 4 rings (SSSR count). The van der Waals surface area contributed by atoms with E-state index in [2.05, 4.69) is 4.98 Å². The van der Waals surface area contributed by atoms with E-state index in [0.717, 1.165) is 16.6 Å². The van der Waals surface area contributed by atoms with Crippen molar-refractivity contribution in [3.05, 3.63) is 69.6 Å². The first-order valence-corrected chi connectivity index (χ1v) is 9.98. The molecule has 0 amide bonds. The van der Waals surface area contributed by atoms with Crippen LogP contribution < -0.4 is 10.3 Å². The third-order valence-electron chi connectivity index (χ3n) is 5.66. The molecule has 150 valence electrons. The minimum absolute atomic E-state index is 0.0707. The Balaban J connectivity index is 1.84. The molecule has 3 aromatic rings. The Bertz CT molecular complexity index is 1100. The lowest BCUT2D eigenvalue weighted by atomic mass is 9.77. The minimum atomic E-state index is -1.36. The van der Waals surface area contributed by atoms with Crippen LogP contribution >= 0.6 is 0 Å². The van der Waals surface area contributed by atoms with Crippen LogP contribution in [0.15, 0.2) is 47.3 Å². The van der Waals surface area contributed by atoms with Crippen LogP contribution in [-0.2, 0) is 13.0 Å². The second-order valence-electron chi connectivity index (χ2n) is 8.08. The molecular weight excluding hydrogens is 367 g/mol. The smallest absolute Gasteiger partial charge is 0.451 e. The Hall–Kier alpha value is -2.64. The van der Waals surface area contributed by atoms with Gasteiger partial charge in [-0.05, 0) is 57.1 Å². The van der Waals surface area contributed by atoms with Crippen molar-refractivity contribution in [2.24, 2.45) is 0 Å². The Labute approximate surface area is 169 Å². The van der Waals surface area contributed by atoms with Crippen molar-refractivity contribution >= 4 is 18.2 Å². The summed E-state index contributed by atoms with van der Waals surface area (Å²) >= 11 is 0. The average molecular weight is 392 g/mol. The summed E-state index contributed by atoms with van der Waals surface area (Å²) in [6.07, 6.45) is 1.97. The number of hydrogen-bond donors (Lipinski definition) is 2. The summed E-state index contributed by atoms with van der Waals surface area (Å²) in [5.74, 6) is 0.586. The van der Waals surface area contributed by atoms with Crippen LogP contribution in [0.1, 0.15) is 36.6 Å². The van der Waals surface area contributed by atoms with Crippen molar-refractivity contribution in [3.8, 4) is 5.75 Å². The third-order valence-corrected chi connectivity index (χ3v) is 5.66. The van der Waals surface area contributed by atoms with E-state index < -0.39 is 12.7 Å². The molecule has 0 radical (unpaired) electrons. The molecule has 1 aromatic carbocycles. The van der Waals surface area contributed by atoms with Crippen LogP contribution in [0.25, 0.3) is 11.0 Å². The van der Waals surface area contributed by atoms with E-state index in [1.807, 2.05) is 56.3 Å². The number of nitrogens with zero attached hydrogens (tertiary/aromatic N) is 2. The van der Waals surface area contributed by atoms with E-state index in [0.29, 0.717) is 42.8 Å². The van der Waals surface area contributed by atoms with Crippen molar-refractivity contribution in [1.82, 2.24) is 9.55 Å². The van der Waals surface area contributed by atoms with Gasteiger partial charge in [0, 0.05) is 5.69 Å². The van der Waals surface area contributed by atoms with Crippen LogP contribution in [0, 0.1) is 6.92 Å². The SMILES string of the molecule is Cc1ccc2c3c(c(=O)n(Cc4ccccc4)c2n1)CCC(C)(CCB(O)O)O3. The first kappa shape index (κ1) is 19.7. The van der Waals surface area contributed by atoms with Gasteiger partial charge < -0.3 is 14.8 Å². The zero-order valence-corrected chi connectivity index (χ0v) is 16.8. The van der Waals surface area contributed by atoms with Gasteiger partial charge in [0.05, 0.1) is 17.5 Å². The number of benzene rings is 1. The molecule has 2 N–H and O–H groups in total. The third kappa shape index (κ3) is 3.93. The molecule has 0 spiro atoms. The summed E-state index contributed by atoms with van der Waals surface area (Å²) in [5.41, 5.74) is 2.54. The van der Waals surface area contributed by atoms with E-state index >= 15 is 0 Å². The number of fused-ring (bicyclic) bond motifs is 3. The van der Waals surface area contributed by atoms with Gasteiger partial charge in [-0.15, -0.1) is 0 Å². The fraction of sp³-hybridized carbons (Fsp3) is 0.364. The predicted molar refractivity (Wildman–Crippen MR) is 113 cm³/mol. The monoisotopic (exact) mass is 392 g/mol. The molecule has 2 aromatic heterocycles. The van der Waals surface area contributed by atoms with Gasteiger partial charge in [0.2, 0.25) is 0 Å². The fourth-order valence-corrected chi connectivity index (χ4v) is 3.99. The molecule has 1 aliphatic rings. The Morgan fingerprint density at radius 3 is 2.69 bits per heavy atom. The zero-order chi connectivity index (χ0) is 20.6. The number of pyridine rings is 2. The molecule has 1 aliphatic heterocycles. The van der Waals surface area contributed by atoms with E-state index in [1.165, 1.54) is 0 Å². The quantitative estimate of drug-likeness (QED) is 0.653. The molecule has 0 fully saturated rings. The molecule has 3 heterocycles. The normalized spacial score (nSPS) is 18.3. The van der Waals surface area contributed by atoms with E-state index in [1.54, 1.807) is 4.57 Å². The maximum atomic E-state index is 13.4. The van der Waals surface area contributed by atoms with Crippen molar-refractivity contribution < 1.29 is 14.8 Å². The lowest BCUT2D eigenvalue weighted by Crippen LogP contribution is -2.40. The standard InChI is InChI=1S/C22H25BN2O4/c1-15-8-9-17-19-18(10-11-22(2,29-19)12-13-23(27)28)21(26)25(20(17)24-15)14-16-6-4-3-5-7-16/h3-9,27-28H,10-14H2,1-2H3. The van der Waals surface area contributed by atoms with Crippen LogP contribution in [-0.4, -0.2) is 32.3 Å². The lowest BCUT2D eigenvalue weighted by molar-refractivity contribution is 0.0607. The number of hydrogen-bond acceptors (Lipinski definition) is 5. The van der Waals surface area contributed by atoms with Gasteiger partial charge in [0.15, 0.2) is 0 Å². The molecule has 0 saturated carbocycles. The van der Waals surface area contributed by atoms with Crippen LogP contribution in [0.4, 0.5) is 0 Å². The Morgan fingerprint density at radius 2 is 1.97 bits per heavy atom. The highest BCUT2D eigenvalue weighted by molar-refractivity contribution is 6.40. The van der Waals surface area contributed by atoms with Crippen molar-refractivity contribution in [2.45, 2.75) is 51.6 Å². The Kier molecular flexibility index (Phi) is 5.19. The summed E-state index contributed by atoms with van der Waals surface area (Å²) in [4.78, 5) is 18.0. The molecule has 6 nitrogen and oxygen atoms in total. The second-order valence-corrected chi connectivity index (χ2v) is 8.08. The van der Waals surface area contributed by atoms with Gasteiger partial charge in [0.25, 0.3) is 5.56 Å². The summed E-state index contributed by atoms with van der Waals surface area (Å²) in [6.45, 7) is 4.32. The molecule has 0 aliphatic carbocycles. The molecule has 0 bridgehead atoms. The number of aryl methyl sites for hydroxylation is 1. The average Bonchev–Trinajstić information content (AvgIpc) is 2.70. The summed E-state index contributed by atoms with van der Waals surface area (Å²) in [5, 5.41) is 19.3. The summed E-state index contributed by atoms with van der Waals surface area (Å²) in [7, 11) is -1.36. The summed E-state index contributed by atoms with van der Waals surface area (Å²) < 4.78 is 8.07. The number of rotatable bonds is 5. The molecule has 1 unspecified atom stereocenters. The number of aromatic nitrogens is 2. The molecule has 0 saturated heterocycles. The maximum absolute atomic E-state index is 13.4. The second kappa shape index (κ2) is 7.65. The van der Waals surface area contributed by atoms with Crippen LogP contribution in [0.2, 0.25) is 6.32 Å². The first-order valence-electron chi connectivity index (χ1n) is 9.98. The zero-order valence-electron chi connectivity index (χ0n) is 16.8. The van der Waals surface area contributed by atoms with Gasteiger partial charge in [-0.25, -0.2) is 4.98 Å². The fourth-order valence-electron chi connectivity index (χ4n) is 3.99. The lowest BCUT2D eigenvalue weighted by Gasteiger charge is -2.36. The van der Waals surface area contributed by atoms with E-state index in [9.17, 15) is 14.8 Å². The van der Waals surface area contributed by atoms with E-state index in [-0.39, 0.29) is 11.9 Å². The van der Waals surface area contributed by atoms with Gasteiger partial charge in [-0.3, -0.25) is 9.36 Å². The van der Waals surface area contributed by atoms with Gasteiger partial charge in [0.1, 0.15) is 17.0 Å². The van der Waals surface area contributed by atoms with Crippen molar-refractivity contribution in [3.63, 3.8) is 0 Å². The topological polar surface area (TPSA) is 84.6 Å². The molecule has 29 heavy (non-hydrogen) atoms. The molecule has 7 heteroatoms. The predicted octanol–water partition coefficient (Wildman–Crippen LogP) is 2.70. The Morgan fingerprint density at radius 1 is 1.21 bits per heavy atom. The molecular formula is C22H25BN2O4. The highest BCUT2D eigenvalue weighted by Gasteiger charge is 2.35. The van der Waals surface area contributed by atoms with Crippen LogP contribution in [0.3, 0.4) is 0 Å². The first-order chi connectivity index (χ1) is 13.9. The highest BCUT2D eigenvalue weighted by Crippen LogP contribution is 2.39. The largest absolute Gasteiger partial charge is 0.486 e. The van der Waals surface area contributed by atoms with Gasteiger partial charge in [-0.1, -0.05) is 30.3 Å².